The number of hydrogen-bond acceptors (Lipinski definition) is 5. The summed E-state index contributed by atoms with van der Waals surface area (Å²) in [5.41, 5.74) is 2.21. The summed E-state index contributed by atoms with van der Waals surface area (Å²) in [6.07, 6.45) is 2.06. The first kappa shape index (κ1) is 16.4. The Kier molecular flexibility index (Phi) is 5.30. The molecule has 1 aromatic heterocycles. The highest BCUT2D eigenvalue weighted by Gasteiger charge is 2.23. The van der Waals surface area contributed by atoms with Crippen molar-refractivity contribution in [3.63, 3.8) is 0 Å². The van der Waals surface area contributed by atoms with E-state index in [0.29, 0.717) is 5.92 Å². The van der Waals surface area contributed by atoms with Crippen molar-refractivity contribution in [1.82, 2.24) is 9.88 Å². The van der Waals surface area contributed by atoms with Crippen LogP contribution < -0.4 is 4.74 Å². The van der Waals surface area contributed by atoms with Gasteiger partial charge < -0.3 is 9.84 Å². The monoisotopic (exact) mass is 332 g/mol. The first-order chi connectivity index (χ1) is 11.2. The number of likely N-dealkylation sites (tertiary alicyclic amines) is 1. The van der Waals surface area contributed by atoms with Gasteiger partial charge in [-0.2, -0.15) is 0 Å². The quantitative estimate of drug-likeness (QED) is 0.911. The first-order valence-electron chi connectivity index (χ1n) is 8.15. The molecule has 23 heavy (non-hydrogen) atoms. The Hall–Kier alpha value is -1.43. The van der Waals surface area contributed by atoms with Gasteiger partial charge in [-0.05, 0) is 44.4 Å². The van der Waals surface area contributed by atoms with Gasteiger partial charge in [0, 0.05) is 24.0 Å². The molecule has 3 rings (SSSR count). The lowest BCUT2D eigenvalue weighted by Crippen LogP contribution is -2.39. The highest BCUT2D eigenvalue weighted by atomic mass is 32.1. The molecule has 0 radical (unpaired) electrons. The third-order valence-electron chi connectivity index (χ3n) is 4.48. The van der Waals surface area contributed by atoms with Gasteiger partial charge in [0.1, 0.15) is 10.8 Å². The highest BCUT2D eigenvalue weighted by molar-refractivity contribution is 7.13. The Morgan fingerprint density at radius 2 is 2.35 bits per heavy atom. The molecule has 2 heterocycles. The number of nitrogens with zero attached hydrogens (tertiary/aromatic N) is 2. The van der Waals surface area contributed by atoms with Crippen molar-refractivity contribution in [1.29, 1.82) is 0 Å². The SMILES string of the molecule is COc1cccc(-c2nc(CN3CCCC(C(C)O)C3)cs2)c1. The van der Waals surface area contributed by atoms with Gasteiger partial charge in [0.25, 0.3) is 0 Å². The lowest BCUT2D eigenvalue weighted by molar-refractivity contribution is 0.0595. The van der Waals surface area contributed by atoms with Crippen LogP contribution >= 0.6 is 11.3 Å². The highest BCUT2D eigenvalue weighted by Crippen LogP contribution is 2.28. The maximum absolute atomic E-state index is 9.81. The fourth-order valence-corrected chi connectivity index (χ4v) is 3.93. The molecule has 5 heteroatoms. The van der Waals surface area contributed by atoms with Gasteiger partial charge in [0.15, 0.2) is 0 Å². The number of aromatic nitrogens is 1. The third kappa shape index (κ3) is 4.10. The van der Waals surface area contributed by atoms with E-state index < -0.39 is 0 Å². The zero-order chi connectivity index (χ0) is 16.2. The van der Waals surface area contributed by atoms with Crippen molar-refractivity contribution in [2.75, 3.05) is 20.2 Å². The van der Waals surface area contributed by atoms with Crippen LogP contribution in [0.1, 0.15) is 25.5 Å². The summed E-state index contributed by atoms with van der Waals surface area (Å²) in [7, 11) is 1.68. The summed E-state index contributed by atoms with van der Waals surface area (Å²) < 4.78 is 5.28. The summed E-state index contributed by atoms with van der Waals surface area (Å²) in [5.74, 6) is 1.25. The van der Waals surface area contributed by atoms with Crippen molar-refractivity contribution in [2.45, 2.75) is 32.4 Å². The van der Waals surface area contributed by atoms with Gasteiger partial charge in [-0.1, -0.05) is 12.1 Å². The molecule has 0 aliphatic carbocycles. The van der Waals surface area contributed by atoms with E-state index in [4.69, 9.17) is 9.72 Å². The Morgan fingerprint density at radius 3 is 3.13 bits per heavy atom. The average Bonchev–Trinajstić information content (AvgIpc) is 3.03. The number of thiazole rings is 1. The number of piperidine rings is 1. The van der Waals surface area contributed by atoms with Crippen LogP contribution in [-0.4, -0.2) is 41.3 Å². The largest absolute Gasteiger partial charge is 0.497 e. The molecule has 0 spiro atoms. The fourth-order valence-electron chi connectivity index (χ4n) is 3.13. The number of hydrogen-bond donors (Lipinski definition) is 1. The molecule has 1 aromatic carbocycles. The minimum Gasteiger partial charge on any atom is -0.497 e. The Labute approximate surface area is 141 Å². The number of rotatable bonds is 5. The standard InChI is InChI=1S/C18H24N2O2S/c1-13(21)15-6-4-8-20(10-15)11-16-12-23-18(19-16)14-5-3-7-17(9-14)22-2/h3,5,7,9,12-13,15,21H,4,6,8,10-11H2,1-2H3. The van der Waals surface area contributed by atoms with Gasteiger partial charge in [-0.15, -0.1) is 11.3 Å². The summed E-state index contributed by atoms with van der Waals surface area (Å²) in [6, 6.07) is 8.03. The molecule has 1 aliphatic heterocycles. The van der Waals surface area contributed by atoms with Gasteiger partial charge in [-0.25, -0.2) is 4.98 Å². The first-order valence-corrected chi connectivity index (χ1v) is 9.03. The van der Waals surface area contributed by atoms with E-state index in [1.807, 2.05) is 25.1 Å². The number of aliphatic hydroxyl groups is 1. The van der Waals surface area contributed by atoms with Crippen molar-refractivity contribution in [3.8, 4) is 16.3 Å². The molecule has 0 saturated carbocycles. The van der Waals surface area contributed by atoms with Crippen LogP contribution in [0.4, 0.5) is 0 Å². The van der Waals surface area contributed by atoms with E-state index in [9.17, 15) is 5.11 Å². The lowest BCUT2D eigenvalue weighted by atomic mass is 9.93. The number of benzene rings is 1. The maximum Gasteiger partial charge on any atom is 0.123 e. The van der Waals surface area contributed by atoms with Gasteiger partial charge in [-0.3, -0.25) is 4.90 Å². The van der Waals surface area contributed by atoms with Crippen LogP contribution in [0.3, 0.4) is 0 Å². The smallest absolute Gasteiger partial charge is 0.123 e. The van der Waals surface area contributed by atoms with Crippen LogP contribution in [0.25, 0.3) is 10.6 Å². The minimum absolute atomic E-state index is 0.222. The van der Waals surface area contributed by atoms with Crippen LogP contribution in [0.2, 0.25) is 0 Å². The summed E-state index contributed by atoms with van der Waals surface area (Å²) in [6.45, 7) is 4.82. The van der Waals surface area contributed by atoms with E-state index in [1.165, 1.54) is 0 Å². The normalized spacial score (nSPS) is 20.4. The molecule has 2 atom stereocenters. The number of aliphatic hydroxyl groups excluding tert-OH is 1. The van der Waals surface area contributed by atoms with Gasteiger partial charge in [0.05, 0.1) is 18.9 Å². The minimum atomic E-state index is -0.222. The Balaban J connectivity index is 1.67. The van der Waals surface area contributed by atoms with Crippen molar-refractivity contribution >= 4 is 11.3 Å². The molecule has 0 bridgehead atoms. The molecular formula is C18H24N2O2S. The molecule has 124 valence electrons. The molecule has 1 saturated heterocycles. The summed E-state index contributed by atoms with van der Waals surface area (Å²) in [5, 5.41) is 13.0. The molecule has 0 amide bonds. The van der Waals surface area contributed by atoms with E-state index >= 15 is 0 Å². The van der Waals surface area contributed by atoms with Crippen LogP contribution in [-0.2, 0) is 6.54 Å². The maximum atomic E-state index is 9.81. The molecule has 1 aliphatic rings. The van der Waals surface area contributed by atoms with Gasteiger partial charge >= 0.3 is 0 Å². The molecular weight excluding hydrogens is 308 g/mol. The van der Waals surface area contributed by atoms with Crippen LogP contribution in [0, 0.1) is 5.92 Å². The van der Waals surface area contributed by atoms with Crippen LogP contribution in [0.5, 0.6) is 5.75 Å². The number of ether oxygens (including phenoxy) is 1. The molecule has 1 N–H and O–H groups in total. The topological polar surface area (TPSA) is 45.6 Å². The van der Waals surface area contributed by atoms with Crippen LogP contribution in [0.15, 0.2) is 29.6 Å². The molecule has 1 fully saturated rings. The Morgan fingerprint density at radius 1 is 1.48 bits per heavy atom. The average molecular weight is 332 g/mol. The van der Waals surface area contributed by atoms with E-state index in [1.54, 1.807) is 18.4 Å². The third-order valence-corrected chi connectivity index (χ3v) is 5.42. The van der Waals surface area contributed by atoms with Crippen molar-refractivity contribution < 1.29 is 9.84 Å². The predicted molar refractivity (Wildman–Crippen MR) is 93.8 cm³/mol. The second-order valence-corrected chi connectivity index (χ2v) is 7.11. The van der Waals surface area contributed by atoms with E-state index in [-0.39, 0.29) is 6.10 Å². The summed E-state index contributed by atoms with van der Waals surface area (Å²) >= 11 is 1.67. The van der Waals surface area contributed by atoms with Gasteiger partial charge in [0.2, 0.25) is 0 Å². The Bertz CT molecular complexity index is 641. The molecule has 2 unspecified atom stereocenters. The zero-order valence-corrected chi connectivity index (χ0v) is 14.6. The second-order valence-electron chi connectivity index (χ2n) is 6.25. The van der Waals surface area contributed by atoms with E-state index in [2.05, 4.69) is 16.3 Å². The molecule has 2 aromatic rings. The lowest BCUT2D eigenvalue weighted by Gasteiger charge is -2.33. The molecule has 4 nitrogen and oxygen atoms in total. The number of methoxy groups -OCH3 is 1. The second kappa shape index (κ2) is 7.43. The van der Waals surface area contributed by atoms with Crippen molar-refractivity contribution in [2.24, 2.45) is 5.92 Å². The van der Waals surface area contributed by atoms with Crippen molar-refractivity contribution in [3.05, 3.63) is 35.3 Å². The van der Waals surface area contributed by atoms with E-state index in [0.717, 1.165) is 54.5 Å². The fraction of sp³-hybridized carbons (Fsp3) is 0.500. The zero-order valence-electron chi connectivity index (χ0n) is 13.7. The predicted octanol–water partition coefficient (Wildman–Crippen LogP) is 3.41. The summed E-state index contributed by atoms with van der Waals surface area (Å²) in [4.78, 5) is 7.19.